The first-order valence-corrected chi connectivity index (χ1v) is 5.88. The fourth-order valence-electron chi connectivity index (χ4n) is 1.77. The van der Waals surface area contributed by atoms with E-state index in [0.717, 1.165) is 30.9 Å². The number of hydrogen-bond acceptors (Lipinski definition) is 4. The average Bonchev–Trinajstić information content (AvgIpc) is 2.24. The van der Waals surface area contributed by atoms with E-state index in [1.54, 1.807) is 6.20 Å². The lowest BCUT2D eigenvalue weighted by atomic mass is 9.80. The van der Waals surface area contributed by atoms with Crippen molar-refractivity contribution >= 4 is 5.82 Å². The highest BCUT2D eigenvalue weighted by molar-refractivity contribution is 5.34. The maximum Gasteiger partial charge on any atom is 0.133 e. The smallest absolute Gasteiger partial charge is 0.133 e. The Balaban J connectivity index is 1.96. The fraction of sp³-hybridized carbons (Fsp3) is 0.667. The lowest BCUT2D eigenvalue weighted by molar-refractivity contribution is -0.0202. The monoisotopic (exact) mass is 221 g/mol. The van der Waals surface area contributed by atoms with Gasteiger partial charge in [0, 0.05) is 18.7 Å². The summed E-state index contributed by atoms with van der Waals surface area (Å²) in [5.74, 6) is 1.97. The van der Waals surface area contributed by atoms with E-state index < -0.39 is 5.60 Å². The zero-order chi connectivity index (χ0) is 11.6. The Bertz CT molecular complexity index is 361. The van der Waals surface area contributed by atoms with Crippen molar-refractivity contribution in [1.29, 1.82) is 0 Å². The molecule has 0 aromatic carbocycles. The average molecular weight is 221 g/mol. The van der Waals surface area contributed by atoms with Crippen LogP contribution in [-0.2, 0) is 0 Å². The summed E-state index contributed by atoms with van der Waals surface area (Å²) >= 11 is 0. The number of nitrogens with zero attached hydrogens (tertiary/aromatic N) is 2. The predicted octanol–water partition coefficient (Wildman–Crippen LogP) is 1.93. The van der Waals surface area contributed by atoms with Crippen molar-refractivity contribution in [1.82, 2.24) is 9.97 Å². The van der Waals surface area contributed by atoms with Crippen LogP contribution in [0.15, 0.2) is 12.3 Å². The molecule has 88 valence electrons. The summed E-state index contributed by atoms with van der Waals surface area (Å²) in [5, 5.41) is 13.1. The number of anilines is 1. The summed E-state index contributed by atoms with van der Waals surface area (Å²) in [6.45, 7) is 4.72. The summed E-state index contributed by atoms with van der Waals surface area (Å²) < 4.78 is 0. The second-order valence-electron chi connectivity index (χ2n) is 4.89. The summed E-state index contributed by atoms with van der Waals surface area (Å²) in [6.07, 6.45) is 4.67. The van der Waals surface area contributed by atoms with Gasteiger partial charge >= 0.3 is 0 Å². The molecule has 0 aliphatic heterocycles. The van der Waals surface area contributed by atoms with Crippen LogP contribution < -0.4 is 5.32 Å². The predicted molar refractivity (Wildman–Crippen MR) is 63.4 cm³/mol. The number of hydrogen-bond donors (Lipinski definition) is 2. The Morgan fingerprint density at radius 2 is 2.25 bits per heavy atom. The second-order valence-corrected chi connectivity index (χ2v) is 4.89. The van der Waals surface area contributed by atoms with E-state index in [0.29, 0.717) is 12.5 Å². The topological polar surface area (TPSA) is 58.0 Å². The van der Waals surface area contributed by atoms with E-state index in [9.17, 15) is 5.11 Å². The molecule has 1 aromatic heterocycles. The molecule has 0 unspecified atom stereocenters. The van der Waals surface area contributed by atoms with Gasteiger partial charge in [0.25, 0.3) is 0 Å². The van der Waals surface area contributed by atoms with Crippen molar-refractivity contribution in [3.05, 3.63) is 18.1 Å². The lowest BCUT2D eigenvalue weighted by Crippen LogP contribution is -2.43. The molecular formula is C12H19N3O. The molecule has 1 saturated carbocycles. The number of aliphatic hydroxyl groups is 1. The van der Waals surface area contributed by atoms with Crippen LogP contribution in [0.2, 0.25) is 0 Å². The molecule has 2 rings (SSSR count). The summed E-state index contributed by atoms with van der Waals surface area (Å²) in [5.41, 5.74) is -0.511. The SMILES string of the molecule is CC(C)c1nccc(NCC2(O)CCC2)n1. The minimum absolute atomic E-state index is 0.327. The van der Waals surface area contributed by atoms with E-state index in [4.69, 9.17) is 0 Å². The van der Waals surface area contributed by atoms with Gasteiger partial charge in [0.15, 0.2) is 0 Å². The minimum atomic E-state index is -0.511. The third kappa shape index (κ3) is 2.50. The quantitative estimate of drug-likeness (QED) is 0.815. The Labute approximate surface area is 96.1 Å². The van der Waals surface area contributed by atoms with Gasteiger partial charge in [0.2, 0.25) is 0 Å². The van der Waals surface area contributed by atoms with Crippen LogP contribution in [0.25, 0.3) is 0 Å². The molecule has 16 heavy (non-hydrogen) atoms. The molecule has 4 heteroatoms. The maximum atomic E-state index is 9.94. The van der Waals surface area contributed by atoms with E-state index in [-0.39, 0.29) is 0 Å². The van der Waals surface area contributed by atoms with Gasteiger partial charge in [-0.3, -0.25) is 0 Å². The fourth-order valence-corrected chi connectivity index (χ4v) is 1.77. The van der Waals surface area contributed by atoms with Gasteiger partial charge in [0.1, 0.15) is 11.6 Å². The molecule has 4 nitrogen and oxygen atoms in total. The van der Waals surface area contributed by atoms with Gasteiger partial charge < -0.3 is 10.4 Å². The molecular weight excluding hydrogens is 202 g/mol. The largest absolute Gasteiger partial charge is 0.388 e. The molecule has 0 spiro atoms. The molecule has 0 saturated heterocycles. The summed E-state index contributed by atoms with van der Waals surface area (Å²) in [4.78, 5) is 8.60. The molecule has 0 radical (unpaired) electrons. The van der Waals surface area contributed by atoms with E-state index in [1.807, 2.05) is 6.07 Å². The van der Waals surface area contributed by atoms with Crippen molar-refractivity contribution in [2.24, 2.45) is 0 Å². The zero-order valence-corrected chi connectivity index (χ0v) is 9.90. The third-order valence-electron chi connectivity index (χ3n) is 3.07. The lowest BCUT2D eigenvalue weighted by Gasteiger charge is -2.36. The first-order chi connectivity index (χ1) is 7.59. The van der Waals surface area contributed by atoms with Crippen LogP contribution in [0.1, 0.15) is 44.9 Å². The van der Waals surface area contributed by atoms with Crippen molar-refractivity contribution in [2.75, 3.05) is 11.9 Å². The number of nitrogens with one attached hydrogen (secondary N) is 1. The minimum Gasteiger partial charge on any atom is -0.388 e. The first-order valence-electron chi connectivity index (χ1n) is 5.88. The third-order valence-corrected chi connectivity index (χ3v) is 3.07. The van der Waals surface area contributed by atoms with Gasteiger partial charge in [-0.25, -0.2) is 9.97 Å². The first kappa shape index (κ1) is 11.3. The van der Waals surface area contributed by atoms with E-state index >= 15 is 0 Å². The molecule has 2 N–H and O–H groups in total. The maximum absolute atomic E-state index is 9.94. The van der Waals surface area contributed by atoms with Gasteiger partial charge in [-0.15, -0.1) is 0 Å². The molecule has 0 amide bonds. The zero-order valence-electron chi connectivity index (χ0n) is 9.90. The van der Waals surface area contributed by atoms with Crippen molar-refractivity contribution in [3.8, 4) is 0 Å². The van der Waals surface area contributed by atoms with Crippen molar-refractivity contribution in [3.63, 3.8) is 0 Å². The number of rotatable bonds is 4. The van der Waals surface area contributed by atoms with Gasteiger partial charge in [-0.05, 0) is 25.3 Å². The van der Waals surface area contributed by atoms with Crippen LogP contribution in [0.5, 0.6) is 0 Å². The van der Waals surface area contributed by atoms with Crippen LogP contribution in [0.4, 0.5) is 5.82 Å². The summed E-state index contributed by atoms with van der Waals surface area (Å²) in [6, 6.07) is 1.84. The Morgan fingerprint density at radius 3 is 2.81 bits per heavy atom. The highest BCUT2D eigenvalue weighted by Crippen LogP contribution is 2.31. The second kappa shape index (κ2) is 4.37. The normalized spacial score (nSPS) is 18.2. The molecule has 0 atom stereocenters. The Morgan fingerprint density at radius 1 is 1.50 bits per heavy atom. The van der Waals surface area contributed by atoms with Gasteiger partial charge in [-0.2, -0.15) is 0 Å². The highest BCUT2D eigenvalue weighted by atomic mass is 16.3. The van der Waals surface area contributed by atoms with E-state index in [1.165, 1.54) is 0 Å². The van der Waals surface area contributed by atoms with Crippen LogP contribution in [0, 0.1) is 0 Å². The van der Waals surface area contributed by atoms with Crippen LogP contribution in [0.3, 0.4) is 0 Å². The molecule has 0 bridgehead atoms. The van der Waals surface area contributed by atoms with Gasteiger partial charge in [-0.1, -0.05) is 13.8 Å². The molecule has 1 fully saturated rings. The highest BCUT2D eigenvalue weighted by Gasteiger charge is 2.33. The molecule has 1 heterocycles. The standard InChI is InChI=1S/C12H19N3O/c1-9(2)11-13-7-4-10(15-11)14-8-12(16)5-3-6-12/h4,7,9,16H,3,5-6,8H2,1-2H3,(H,13,14,15). The Hall–Kier alpha value is -1.16. The molecule has 1 aromatic rings. The summed E-state index contributed by atoms with van der Waals surface area (Å²) in [7, 11) is 0. The molecule has 1 aliphatic carbocycles. The van der Waals surface area contributed by atoms with Crippen LogP contribution >= 0.6 is 0 Å². The van der Waals surface area contributed by atoms with Gasteiger partial charge in [0.05, 0.1) is 5.60 Å². The van der Waals surface area contributed by atoms with E-state index in [2.05, 4.69) is 29.1 Å². The number of aromatic nitrogens is 2. The molecule has 1 aliphatic rings. The van der Waals surface area contributed by atoms with Crippen molar-refractivity contribution < 1.29 is 5.11 Å². The Kier molecular flexibility index (Phi) is 3.10. The van der Waals surface area contributed by atoms with Crippen LogP contribution in [-0.4, -0.2) is 27.2 Å². The van der Waals surface area contributed by atoms with Crippen molar-refractivity contribution in [2.45, 2.75) is 44.6 Å².